The maximum atomic E-state index is 5.28. The molecule has 0 radical (unpaired) electrons. The first-order valence-electron chi connectivity index (χ1n) is 3.52. The van der Waals surface area contributed by atoms with Gasteiger partial charge >= 0.3 is 0 Å². The SMILES string of the molecule is Br.Br.Br.NCCCNCCCN. The Balaban J connectivity index is -0.000000107. The number of halogens is 3. The monoisotopic (exact) mass is 371 g/mol. The molecule has 0 aliphatic rings. The lowest BCUT2D eigenvalue weighted by Crippen LogP contribution is -2.21. The van der Waals surface area contributed by atoms with E-state index in [2.05, 4.69) is 5.32 Å². The van der Waals surface area contributed by atoms with Crippen molar-refractivity contribution in [3.05, 3.63) is 0 Å². The van der Waals surface area contributed by atoms with Crippen molar-refractivity contribution in [2.75, 3.05) is 26.2 Å². The van der Waals surface area contributed by atoms with Crippen molar-refractivity contribution in [1.29, 1.82) is 0 Å². The summed E-state index contributed by atoms with van der Waals surface area (Å²) in [5.41, 5.74) is 10.6. The molecule has 0 aliphatic heterocycles. The highest BCUT2D eigenvalue weighted by atomic mass is 79.9. The highest BCUT2D eigenvalue weighted by Gasteiger charge is 1.83. The molecule has 0 fully saturated rings. The second-order valence-electron chi connectivity index (χ2n) is 2.03. The van der Waals surface area contributed by atoms with Crippen LogP contribution in [0, 0.1) is 0 Å². The molecule has 12 heavy (non-hydrogen) atoms. The summed E-state index contributed by atoms with van der Waals surface area (Å²) in [7, 11) is 0. The van der Waals surface area contributed by atoms with E-state index in [1.807, 2.05) is 0 Å². The van der Waals surface area contributed by atoms with Crippen LogP contribution in [0.25, 0.3) is 0 Å². The second kappa shape index (κ2) is 22.8. The summed E-state index contributed by atoms with van der Waals surface area (Å²) in [6.45, 7) is 3.60. The van der Waals surface area contributed by atoms with Crippen molar-refractivity contribution in [1.82, 2.24) is 5.32 Å². The predicted octanol–water partition coefficient (Wildman–Crippen LogP) is 1.01. The molecule has 0 unspecified atom stereocenters. The number of hydrogen-bond acceptors (Lipinski definition) is 3. The molecular formula is C6H20Br3N3. The van der Waals surface area contributed by atoms with Gasteiger partial charge < -0.3 is 16.8 Å². The summed E-state index contributed by atoms with van der Waals surface area (Å²) in [4.78, 5) is 0. The van der Waals surface area contributed by atoms with Crippen LogP contribution in [-0.4, -0.2) is 26.2 Å². The largest absolute Gasteiger partial charge is 0.330 e. The summed E-state index contributed by atoms with van der Waals surface area (Å²) < 4.78 is 0. The summed E-state index contributed by atoms with van der Waals surface area (Å²) >= 11 is 0. The van der Waals surface area contributed by atoms with Crippen LogP contribution in [0.5, 0.6) is 0 Å². The fourth-order valence-electron chi connectivity index (χ4n) is 0.579. The van der Waals surface area contributed by atoms with Crippen molar-refractivity contribution in [3.63, 3.8) is 0 Å². The molecule has 80 valence electrons. The van der Waals surface area contributed by atoms with Gasteiger partial charge in [-0.15, -0.1) is 50.9 Å². The zero-order valence-corrected chi connectivity index (χ0v) is 12.3. The van der Waals surface area contributed by atoms with Crippen LogP contribution in [0.1, 0.15) is 12.8 Å². The first kappa shape index (κ1) is 23.3. The molecule has 0 aromatic heterocycles. The smallest absolute Gasteiger partial charge is 0.00369 e. The van der Waals surface area contributed by atoms with E-state index in [0.717, 1.165) is 39.0 Å². The number of nitrogens with two attached hydrogens (primary N) is 2. The van der Waals surface area contributed by atoms with Crippen LogP contribution >= 0.6 is 50.9 Å². The molecule has 0 atom stereocenters. The predicted molar refractivity (Wildman–Crippen MR) is 71.2 cm³/mol. The van der Waals surface area contributed by atoms with E-state index < -0.39 is 0 Å². The molecule has 3 nitrogen and oxygen atoms in total. The van der Waals surface area contributed by atoms with E-state index in [9.17, 15) is 0 Å². The fraction of sp³-hybridized carbons (Fsp3) is 1.00. The van der Waals surface area contributed by atoms with Crippen LogP contribution in [0.15, 0.2) is 0 Å². The van der Waals surface area contributed by atoms with Crippen LogP contribution in [0.3, 0.4) is 0 Å². The third-order valence-electron chi connectivity index (χ3n) is 1.12. The quantitative estimate of drug-likeness (QED) is 0.609. The van der Waals surface area contributed by atoms with E-state index in [-0.39, 0.29) is 50.9 Å². The summed E-state index contributed by atoms with van der Waals surface area (Å²) in [5.74, 6) is 0. The van der Waals surface area contributed by atoms with Gasteiger partial charge in [-0.25, -0.2) is 0 Å². The van der Waals surface area contributed by atoms with Crippen molar-refractivity contribution in [2.45, 2.75) is 12.8 Å². The molecule has 0 heterocycles. The number of hydrogen-bond donors (Lipinski definition) is 3. The van der Waals surface area contributed by atoms with Crippen LogP contribution < -0.4 is 16.8 Å². The first-order chi connectivity index (χ1) is 4.41. The van der Waals surface area contributed by atoms with Gasteiger partial charge in [-0.05, 0) is 39.0 Å². The van der Waals surface area contributed by atoms with Gasteiger partial charge in [-0.1, -0.05) is 0 Å². The molecule has 0 amide bonds. The van der Waals surface area contributed by atoms with Gasteiger partial charge in [0.05, 0.1) is 0 Å². The molecule has 0 saturated carbocycles. The Morgan fingerprint density at radius 3 is 1.33 bits per heavy atom. The Morgan fingerprint density at radius 2 is 1.08 bits per heavy atom. The van der Waals surface area contributed by atoms with Gasteiger partial charge in [0, 0.05) is 0 Å². The van der Waals surface area contributed by atoms with Crippen molar-refractivity contribution < 1.29 is 0 Å². The van der Waals surface area contributed by atoms with Gasteiger partial charge in [0.2, 0.25) is 0 Å². The molecule has 0 aliphatic carbocycles. The van der Waals surface area contributed by atoms with E-state index in [0.29, 0.717) is 0 Å². The minimum atomic E-state index is 0. The summed E-state index contributed by atoms with van der Waals surface area (Å²) in [6.07, 6.45) is 2.12. The second-order valence-corrected chi connectivity index (χ2v) is 2.03. The normalized spacial score (nSPS) is 7.50. The number of nitrogens with one attached hydrogen (secondary N) is 1. The molecule has 0 saturated heterocycles. The zero-order chi connectivity index (χ0) is 6.95. The molecule has 0 rings (SSSR count). The van der Waals surface area contributed by atoms with Crippen LogP contribution in [0.4, 0.5) is 0 Å². The lowest BCUT2D eigenvalue weighted by atomic mass is 10.4. The Labute approximate surface area is 106 Å². The fourth-order valence-corrected chi connectivity index (χ4v) is 0.579. The third-order valence-corrected chi connectivity index (χ3v) is 1.12. The Morgan fingerprint density at radius 1 is 0.750 bits per heavy atom. The lowest BCUT2D eigenvalue weighted by Gasteiger charge is -2.00. The van der Waals surface area contributed by atoms with E-state index in [1.54, 1.807) is 0 Å². The minimum absolute atomic E-state index is 0. The van der Waals surface area contributed by atoms with Gasteiger partial charge in [-0.2, -0.15) is 0 Å². The van der Waals surface area contributed by atoms with Crippen molar-refractivity contribution in [3.8, 4) is 0 Å². The average Bonchev–Trinajstić information content (AvgIpc) is 1.89. The van der Waals surface area contributed by atoms with Gasteiger partial charge in [-0.3, -0.25) is 0 Å². The summed E-state index contributed by atoms with van der Waals surface area (Å²) in [5, 5.41) is 3.23. The average molecular weight is 374 g/mol. The van der Waals surface area contributed by atoms with Gasteiger partial charge in [0.25, 0.3) is 0 Å². The lowest BCUT2D eigenvalue weighted by molar-refractivity contribution is 0.631. The zero-order valence-electron chi connectivity index (χ0n) is 7.12. The van der Waals surface area contributed by atoms with Gasteiger partial charge in [0.1, 0.15) is 0 Å². The van der Waals surface area contributed by atoms with E-state index >= 15 is 0 Å². The third kappa shape index (κ3) is 22.5. The molecular weight excluding hydrogens is 354 g/mol. The molecule has 0 spiro atoms. The maximum Gasteiger partial charge on any atom is -0.00369 e. The van der Waals surface area contributed by atoms with Crippen molar-refractivity contribution >= 4 is 50.9 Å². The molecule has 0 aromatic carbocycles. The van der Waals surface area contributed by atoms with E-state index in [4.69, 9.17) is 11.5 Å². The van der Waals surface area contributed by atoms with Gasteiger partial charge in [0.15, 0.2) is 0 Å². The highest BCUT2D eigenvalue weighted by Crippen LogP contribution is 1.72. The summed E-state index contributed by atoms with van der Waals surface area (Å²) in [6, 6.07) is 0. The molecule has 0 bridgehead atoms. The Bertz CT molecular complexity index is 51.3. The molecule has 5 N–H and O–H groups in total. The Hall–Kier alpha value is 1.32. The van der Waals surface area contributed by atoms with Crippen molar-refractivity contribution in [2.24, 2.45) is 11.5 Å². The first-order valence-corrected chi connectivity index (χ1v) is 3.52. The highest BCUT2D eigenvalue weighted by molar-refractivity contribution is 8.93. The number of rotatable bonds is 6. The molecule has 0 aromatic rings. The minimum Gasteiger partial charge on any atom is -0.330 e. The van der Waals surface area contributed by atoms with Crippen LogP contribution in [0.2, 0.25) is 0 Å². The molecule has 6 heteroatoms. The van der Waals surface area contributed by atoms with E-state index in [1.165, 1.54) is 0 Å². The Kier molecular flexibility index (Phi) is 44.2. The maximum absolute atomic E-state index is 5.28. The topological polar surface area (TPSA) is 64.1 Å². The van der Waals surface area contributed by atoms with Crippen LogP contribution in [-0.2, 0) is 0 Å². The standard InChI is InChI=1S/C6H17N3.3BrH/c7-3-1-5-9-6-2-4-8;;;/h9H,1-8H2;3*1H.